The van der Waals surface area contributed by atoms with E-state index in [1.165, 1.54) is 29.6 Å². The maximum Gasteiger partial charge on any atom is 0.358 e. The summed E-state index contributed by atoms with van der Waals surface area (Å²) in [4.78, 5) is 69.8. The molecule has 15 nitrogen and oxygen atoms in total. The van der Waals surface area contributed by atoms with Gasteiger partial charge in [-0.3, -0.25) is 29.4 Å². The number of aliphatic hydroxyl groups excluding tert-OH is 1. The maximum absolute atomic E-state index is 13.0. The highest BCUT2D eigenvalue weighted by Gasteiger charge is 2.55. The van der Waals surface area contributed by atoms with Crippen molar-refractivity contribution in [3.63, 3.8) is 0 Å². The minimum atomic E-state index is -1.05. The maximum atomic E-state index is 13.0. The first-order valence-electron chi connectivity index (χ1n) is 11.2. The van der Waals surface area contributed by atoms with Crippen LogP contribution in [0.3, 0.4) is 0 Å². The molecule has 0 aliphatic carbocycles. The van der Waals surface area contributed by atoms with Crippen LogP contribution in [0.15, 0.2) is 46.3 Å². The van der Waals surface area contributed by atoms with Crippen molar-refractivity contribution in [3.8, 4) is 0 Å². The molecule has 17 heteroatoms. The third-order valence-electron chi connectivity index (χ3n) is 5.37. The number of nitro benzene ring substituents is 1. The molecule has 1 unspecified atom stereocenters. The zero-order valence-electron chi connectivity index (χ0n) is 20.1. The Bertz CT molecular complexity index is 1370. The summed E-state index contributed by atoms with van der Waals surface area (Å²) in [5.41, 5.74) is -0.114. The lowest BCUT2D eigenvalue weighted by Crippen LogP contribution is -2.71. The minimum absolute atomic E-state index is 0.0184. The van der Waals surface area contributed by atoms with Gasteiger partial charge in [0.2, 0.25) is 6.41 Å². The highest BCUT2D eigenvalue weighted by molar-refractivity contribution is 8.00. The quantitative estimate of drug-likeness (QED) is 0.0868. The summed E-state index contributed by atoms with van der Waals surface area (Å²) in [7, 11) is 0. The number of nitro groups is 1. The third-order valence-corrected chi connectivity index (χ3v) is 7.41. The van der Waals surface area contributed by atoms with Gasteiger partial charge in [0.25, 0.3) is 17.5 Å². The Morgan fingerprint density at radius 2 is 2.10 bits per heavy atom. The number of ether oxygens (including phenoxy) is 1. The summed E-state index contributed by atoms with van der Waals surface area (Å²) in [6.45, 7) is 1.57. The molecule has 2 aliphatic rings. The van der Waals surface area contributed by atoms with E-state index in [0.29, 0.717) is 12.0 Å². The number of carbonyl (C=O) groups is 4. The van der Waals surface area contributed by atoms with E-state index in [4.69, 9.17) is 9.57 Å². The molecule has 2 aliphatic heterocycles. The van der Waals surface area contributed by atoms with Crippen molar-refractivity contribution in [2.24, 2.45) is 5.16 Å². The molecule has 0 spiro atoms. The number of thiazole rings is 1. The lowest BCUT2D eigenvalue weighted by atomic mass is 10.0. The molecule has 204 valence electrons. The van der Waals surface area contributed by atoms with Gasteiger partial charge >= 0.3 is 5.97 Å². The molecule has 0 saturated carbocycles. The van der Waals surface area contributed by atoms with Crippen molar-refractivity contribution < 1.29 is 38.8 Å². The highest BCUT2D eigenvalue weighted by Crippen LogP contribution is 2.40. The standard InChI is InChI=1S/C22H20N6O9S2/c1-2-37-26-15(13-8-39-22(24-13)23-10-29)18(31)25-16-19(32)27-17(14(30)9-38-20(16)27)21(33)36-7-11-3-5-12(6-4-11)28(34)35/h3-6,8,10,16,20,30H,2,7,9H2,1H3,(H,25,31)(H,23,24,29)/t16?,20-/m1/s1. The summed E-state index contributed by atoms with van der Waals surface area (Å²) >= 11 is 2.18. The lowest BCUT2D eigenvalue weighted by molar-refractivity contribution is -0.384. The number of nitrogens with one attached hydrogen (secondary N) is 2. The molecule has 3 amide bonds. The Morgan fingerprint density at radius 3 is 2.77 bits per heavy atom. The summed E-state index contributed by atoms with van der Waals surface area (Å²) < 4.78 is 5.23. The van der Waals surface area contributed by atoms with E-state index in [1.54, 1.807) is 6.92 Å². The molecule has 2 aromatic rings. The van der Waals surface area contributed by atoms with Crippen LogP contribution < -0.4 is 10.6 Å². The van der Waals surface area contributed by atoms with Crippen LogP contribution in [-0.2, 0) is 35.4 Å². The number of thioether (sulfide) groups is 1. The second-order valence-electron chi connectivity index (χ2n) is 7.81. The number of fused-ring (bicyclic) bond motifs is 1. The van der Waals surface area contributed by atoms with Crippen LogP contribution in [0.4, 0.5) is 10.8 Å². The van der Waals surface area contributed by atoms with E-state index in [-0.39, 0.29) is 52.6 Å². The normalized spacial score (nSPS) is 18.5. The van der Waals surface area contributed by atoms with Gasteiger partial charge < -0.3 is 25.3 Å². The topological polar surface area (TPSA) is 203 Å². The molecule has 0 radical (unpaired) electrons. The number of oxime groups is 1. The van der Waals surface area contributed by atoms with Gasteiger partial charge in [-0.05, 0) is 24.6 Å². The Labute approximate surface area is 228 Å². The minimum Gasteiger partial charge on any atom is -0.509 e. The largest absolute Gasteiger partial charge is 0.509 e. The Morgan fingerprint density at radius 1 is 1.36 bits per heavy atom. The van der Waals surface area contributed by atoms with Gasteiger partial charge in [0.15, 0.2) is 16.5 Å². The molecular formula is C22H20N6O9S2. The van der Waals surface area contributed by atoms with Crippen LogP contribution >= 0.6 is 23.1 Å². The van der Waals surface area contributed by atoms with Gasteiger partial charge in [0, 0.05) is 17.5 Å². The molecule has 0 bridgehead atoms. The SMILES string of the molecule is CCON=C(C(=O)NC1C(=O)N2C(C(=O)OCc3ccc([N+](=O)[O-])cc3)=C(O)CS[C@H]12)c1csc(NC=O)n1. The van der Waals surface area contributed by atoms with Crippen molar-refractivity contribution in [2.75, 3.05) is 17.7 Å². The van der Waals surface area contributed by atoms with E-state index >= 15 is 0 Å². The number of benzene rings is 1. The van der Waals surface area contributed by atoms with E-state index < -0.39 is 34.1 Å². The Balaban J connectivity index is 1.43. The fourth-order valence-electron chi connectivity index (χ4n) is 3.57. The van der Waals surface area contributed by atoms with Crippen molar-refractivity contribution in [2.45, 2.75) is 24.9 Å². The number of aliphatic hydroxyl groups is 1. The molecule has 2 atom stereocenters. The van der Waals surface area contributed by atoms with Crippen molar-refractivity contribution >= 4 is 63.8 Å². The van der Waals surface area contributed by atoms with E-state index in [2.05, 4.69) is 20.8 Å². The van der Waals surface area contributed by atoms with Gasteiger partial charge in [-0.2, -0.15) is 0 Å². The second kappa shape index (κ2) is 11.9. The van der Waals surface area contributed by atoms with Crippen molar-refractivity contribution in [1.29, 1.82) is 0 Å². The number of non-ortho nitro benzene ring substituents is 1. The zero-order valence-corrected chi connectivity index (χ0v) is 21.7. The fraction of sp³-hybridized carbons (Fsp3) is 0.273. The van der Waals surface area contributed by atoms with Crippen LogP contribution in [0.5, 0.6) is 0 Å². The van der Waals surface area contributed by atoms with E-state index in [0.717, 1.165) is 28.0 Å². The van der Waals surface area contributed by atoms with Crippen molar-refractivity contribution in [3.05, 3.63) is 62.5 Å². The molecule has 1 saturated heterocycles. The Kier molecular flexibility index (Phi) is 8.40. The van der Waals surface area contributed by atoms with Gasteiger partial charge in [-0.1, -0.05) is 5.16 Å². The summed E-state index contributed by atoms with van der Waals surface area (Å²) in [6.07, 6.45) is 0.432. The van der Waals surface area contributed by atoms with Gasteiger partial charge in [0.1, 0.15) is 36.1 Å². The fourth-order valence-corrected chi connectivity index (χ4v) is 5.42. The van der Waals surface area contributed by atoms with Gasteiger partial charge in [0.05, 0.1) is 10.7 Å². The summed E-state index contributed by atoms with van der Waals surface area (Å²) in [5.74, 6) is -2.78. The molecule has 3 N–H and O–H groups in total. The highest BCUT2D eigenvalue weighted by atomic mass is 32.2. The third kappa shape index (κ3) is 5.83. The number of hydrogen-bond acceptors (Lipinski definition) is 13. The van der Waals surface area contributed by atoms with Crippen molar-refractivity contribution in [1.82, 2.24) is 15.2 Å². The molecule has 1 aromatic heterocycles. The number of hydrogen-bond donors (Lipinski definition) is 3. The second-order valence-corrected chi connectivity index (χ2v) is 9.78. The molecule has 3 heterocycles. The van der Waals surface area contributed by atoms with Crippen LogP contribution in [0, 0.1) is 10.1 Å². The number of rotatable bonds is 11. The first kappa shape index (κ1) is 27.5. The van der Waals surface area contributed by atoms with Crippen LogP contribution in [0.2, 0.25) is 0 Å². The summed E-state index contributed by atoms with van der Waals surface area (Å²) in [5, 5.41) is 30.9. The number of carbonyl (C=O) groups excluding carboxylic acids is 4. The number of amides is 3. The molecule has 4 rings (SSSR count). The molecule has 1 fully saturated rings. The number of β-lactam (4-membered cyclic amide) rings is 1. The Hall–Kier alpha value is -4.51. The first-order chi connectivity index (χ1) is 18.7. The first-order valence-corrected chi connectivity index (χ1v) is 13.1. The number of esters is 1. The van der Waals surface area contributed by atoms with E-state index in [1.807, 2.05) is 0 Å². The summed E-state index contributed by atoms with van der Waals surface area (Å²) in [6, 6.07) is 4.30. The lowest BCUT2D eigenvalue weighted by Gasteiger charge is -2.48. The number of nitrogens with zero attached hydrogens (tertiary/aromatic N) is 4. The predicted molar refractivity (Wildman–Crippen MR) is 138 cm³/mol. The average Bonchev–Trinajstić information content (AvgIpc) is 3.39. The predicted octanol–water partition coefficient (Wildman–Crippen LogP) is 1.27. The van der Waals surface area contributed by atoms with E-state index in [9.17, 15) is 34.4 Å². The average molecular weight is 577 g/mol. The van der Waals surface area contributed by atoms with Gasteiger partial charge in [-0.15, -0.1) is 23.1 Å². The molecule has 39 heavy (non-hydrogen) atoms. The molecular weight excluding hydrogens is 556 g/mol. The van der Waals surface area contributed by atoms with Gasteiger partial charge in [-0.25, -0.2) is 9.78 Å². The van der Waals surface area contributed by atoms with Crippen LogP contribution in [0.1, 0.15) is 18.2 Å². The van der Waals surface area contributed by atoms with Crippen LogP contribution in [-0.4, -0.2) is 73.6 Å². The monoisotopic (exact) mass is 576 g/mol. The van der Waals surface area contributed by atoms with Crippen LogP contribution in [0.25, 0.3) is 0 Å². The number of anilines is 1. The smallest absolute Gasteiger partial charge is 0.358 e. The molecule has 1 aromatic carbocycles. The zero-order chi connectivity index (χ0) is 28.1. The number of aromatic nitrogens is 1.